The van der Waals surface area contributed by atoms with Crippen LogP contribution in [0, 0.1) is 27.7 Å². The van der Waals surface area contributed by atoms with Crippen molar-refractivity contribution in [1.82, 2.24) is 9.55 Å². The number of nitrogens with zero attached hydrogens (tertiary/aromatic N) is 2. The Hall–Kier alpha value is -2.95. The van der Waals surface area contributed by atoms with E-state index < -0.39 is 0 Å². The summed E-state index contributed by atoms with van der Waals surface area (Å²) in [6, 6.07) is 9.52. The molecule has 0 saturated carbocycles. The number of rotatable bonds is 3. The van der Waals surface area contributed by atoms with Gasteiger partial charge in [0.1, 0.15) is 6.54 Å². The van der Waals surface area contributed by atoms with Crippen LogP contribution in [0.4, 0.5) is 5.69 Å². The summed E-state index contributed by atoms with van der Waals surface area (Å²) in [4.78, 5) is 29.3. The van der Waals surface area contributed by atoms with Crippen molar-refractivity contribution in [3.8, 4) is 0 Å². The average molecular weight is 335 g/mol. The zero-order chi connectivity index (χ0) is 18.1. The number of aryl methyl sites for hydroxylation is 4. The largest absolute Gasteiger partial charge is 0.324 e. The SMILES string of the molecule is Cc1cc(C)c(NC(=O)Cn2cnc3c(C)cccc3c2=O)c(C)c1. The van der Waals surface area contributed by atoms with Gasteiger partial charge in [0.15, 0.2) is 0 Å². The van der Waals surface area contributed by atoms with Crippen LogP contribution < -0.4 is 10.9 Å². The molecule has 25 heavy (non-hydrogen) atoms. The van der Waals surface area contributed by atoms with Crippen LogP contribution in [0.3, 0.4) is 0 Å². The Kier molecular flexibility index (Phi) is 4.40. The smallest absolute Gasteiger partial charge is 0.261 e. The molecule has 2 aromatic carbocycles. The minimum Gasteiger partial charge on any atom is -0.324 e. The summed E-state index contributed by atoms with van der Waals surface area (Å²) in [7, 11) is 0. The lowest BCUT2D eigenvalue weighted by Crippen LogP contribution is -2.28. The number of carbonyl (C=O) groups is 1. The molecule has 0 atom stereocenters. The van der Waals surface area contributed by atoms with Crippen molar-refractivity contribution in [2.75, 3.05) is 5.32 Å². The maximum atomic E-state index is 12.6. The second kappa shape index (κ2) is 6.51. The van der Waals surface area contributed by atoms with Gasteiger partial charge >= 0.3 is 0 Å². The molecule has 0 aliphatic carbocycles. The first-order valence-corrected chi connectivity index (χ1v) is 8.19. The molecule has 0 unspecified atom stereocenters. The number of carbonyl (C=O) groups excluding carboxylic acids is 1. The van der Waals surface area contributed by atoms with Crippen molar-refractivity contribution in [1.29, 1.82) is 0 Å². The normalized spacial score (nSPS) is 10.9. The number of aromatic nitrogens is 2. The number of fused-ring (bicyclic) bond motifs is 1. The number of amides is 1. The summed E-state index contributed by atoms with van der Waals surface area (Å²) in [5, 5.41) is 3.44. The minimum atomic E-state index is -0.244. The van der Waals surface area contributed by atoms with E-state index in [2.05, 4.69) is 10.3 Å². The Morgan fingerprint density at radius 2 is 1.76 bits per heavy atom. The highest BCUT2D eigenvalue weighted by molar-refractivity contribution is 5.92. The second-order valence-corrected chi connectivity index (χ2v) is 6.47. The van der Waals surface area contributed by atoms with Crippen molar-refractivity contribution in [3.63, 3.8) is 0 Å². The Morgan fingerprint density at radius 3 is 2.44 bits per heavy atom. The highest BCUT2D eigenvalue weighted by Gasteiger charge is 2.12. The van der Waals surface area contributed by atoms with Crippen LogP contribution in [0.2, 0.25) is 0 Å². The molecule has 0 saturated heterocycles. The molecule has 3 rings (SSSR count). The van der Waals surface area contributed by atoms with Gasteiger partial charge < -0.3 is 5.32 Å². The predicted molar refractivity (Wildman–Crippen MR) is 100 cm³/mol. The van der Waals surface area contributed by atoms with E-state index >= 15 is 0 Å². The fourth-order valence-electron chi connectivity index (χ4n) is 3.16. The minimum absolute atomic E-state index is 0.0670. The molecule has 5 nitrogen and oxygen atoms in total. The van der Waals surface area contributed by atoms with Crippen LogP contribution in [-0.4, -0.2) is 15.5 Å². The van der Waals surface area contributed by atoms with Crippen LogP contribution >= 0.6 is 0 Å². The van der Waals surface area contributed by atoms with Gasteiger partial charge in [-0.05, 0) is 50.5 Å². The molecule has 3 aromatic rings. The van der Waals surface area contributed by atoms with E-state index in [-0.39, 0.29) is 18.0 Å². The molecule has 1 N–H and O–H groups in total. The lowest BCUT2D eigenvalue weighted by atomic mass is 10.1. The zero-order valence-corrected chi connectivity index (χ0v) is 14.9. The molecule has 128 valence electrons. The van der Waals surface area contributed by atoms with Gasteiger partial charge in [0, 0.05) is 5.69 Å². The van der Waals surface area contributed by atoms with E-state index in [9.17, 15) is 9.59 Å². The lowest BCUT2D eigenvalue weighted by Gasteiger charge is -2.13. The van der Waals surface area contributed by atoms with Gasteiger partial charge in [-0.15, -0.1) is 0 Å². The van der Waals surface area contributed by atoms with Gasteiger partial charge in [-0.3, -0.25) is 14.2 Å². The third kappa shape index (κ3) is 3.31. The lowest BCUT2D eigenvalue weighted by molar-refractivity contribution is -0.116. The number of hydrogen-bond acceptors (Lipinski definition) is 3. The van der Waals surface area contributed by atoms with Gasteiger partial charge in [-0.2, -0.15) is 0 Å². The Bertz CT molecular complexity index is 1010. The fourth-order valence-corrected chi connectivity index (χ4v) is 3.16. The molecule has 0 bridgehead atoms. The molecule has 0 aliphatic rings. The molecular formula is C20H21N3O2. The number of para-hydroxylation sites is 1. The Labute approximate surface area is 146 Å². The van der Waals surface area contributed by atoms with Crippen LogP contribution in [0.1, 0.15) is 22.3 Å². The van der Waals surface area contributed by atoms with Gasteiger partial charge in [0.25, 0.3) is 5.56 Å². The Morgan fingerprint density at radius 1 is 1.08 bits per heavy atom. The molecule has 0 spiro atoms. The highest BCUT2D eigenvalue weighted by atomic mass is 16.2. The first kappa shape index (κ1) is 16.9. The third-order valence-corrected chi connectivity index (χ3v) is 4.31. The van der Waals surface area contributed by atoms with E-state index in [4.69, 9.17) is 0 Å². The molecule has 0 aliphatic heterocycles. The standard InChI is InChI=1S/C20H21N3O2/c1-12-8-14(3)18(15(4)9-12)22-17(24)10-23-11-21-19-13(2)6-5-7-16(19)20(23)25/h5-9,11H,10H2,1-4H3,(H,22,24). The van der Waals surface area contributed by atoms with E-state index in [0.717, 1.165) is 27.9 Å². The second-order valence-electron chi connectivity index (χ2n) is 6.47. The molecular weight excluding hydrogens is 314 g/mol. The summed E-state index contributed by atoms with van der Waals surface area (Å²) >= 11 is 0. The van der Waals surface area contributed by atoms with Crippen molar-refractivity contribution >= 4 is 22.5 Å². The summed E-state index contributed by atoms with van der Waals surface area (Å²) < 4.78 is 1.34. The Balaban J connectivity index is 1.88. The van der Waals surface area contributed by atoms with Gasteiger partial charge in [-0.1, -0.05) is 29.8 Å². The molecule has 0 radical (unpaired) electrons. The number of nitrogens with one attached hydrogen (secondary N) is 1. The fraction of sp³-hybridized carbons (Fsp3) is 0.250. The quantitative estimate of drug-likeness (QED) is 0.799. The first-order valence-electron chi connectivity index (χ1n) is 8.19. The van der Waals surface area contributed by atoms with Crippen molar-refractivity contribution in [2.45, 2.75) is 34.2 Å². The summed E-state index contributed by atoms with van der Waals surface area (Å²) in [6.45, 7) is 7.79. The van der Waals surface area contributed by atoms with Crippen molar-refractivity contribution < 1.29 is 4.79 Å². The number of benzene rings is 2. The van der Waals surface area contributed by atoms with E-state index in [1.165, 1.54) is 10.9 Å². The number of anilines is 1. The van der Waals surface area contributed by atoms with Gasteiger partial charge in [-0.25, -0.2) is 4.98 Å². The van der Waals surface area contributed by atoms with Gasteiger partial charge in [0.2, 0.25) is 5.91 Å². The molecule has 1 amide bonds. The van der Waals surface area contributed by atoms with E-state index in [1.807, 2.05) is 52.0 Å². The molecule has 0 fully saturated rings. The predicted octanol–water partition coefficient (Wildman–Crippen LogP) is 3.27. The van der Waals surface area contributed by atoms with Crippen LogP contribution in [-0.2, 0) is 11.3 Å². The van der Waals surface area contributed by atoms with Crippen LogP contribution in [0.25, 0.3) is 10.9 Å². The molecule has 1 aromatic heterocycles. The van der Waals surface area contributed by atoms with E-state index in [1.54, 1.807) is 6.07 Å². The summed E-state index contributed by atoms with van der Waals surface area (Å²) in [5.41, 5.74) is 5.37. The van der Waals surface area contributed by atoms with Crippen molar-refractivity contribution in [2.24, 2.45) is 0 Å². The monoisotopic (exact) mass is 335 g/mol. The van der Waals surface area contributed by atoms with E-state index in [0.29, 0.717) is 10.9 Å². The molecule has 1 heterocycles. The van der Waals surface area contributed by atoms with Gasteiger partial charge in [0.05, 0.1) is 17.2 Å². The maximum absolute atomic E-state index is 12.6. The zero-order valence-electron chi connectivity index (χ0n) is 14.9. The first-order chi connectivity index (χ1) is 11.9. The maximum Gasteiger partial charge on any atom is 0.261 e. The van der Waals surface area contributed by atoms with Crippen LogP contribution in [0.5, 0.6) is 0 Å². The number of hydrogen-bond donors (Lipinski definition) is 1. The van der Waals surface area contributed by atoms with Crippen LogP contribution in [0.15, 0.2) is 41.5 Å². The highest BCUT2D eigenvalue weighted by Crippen LogP contribution is 2.21. The topological polar surface area (TPSA) is 64.0 Å². The third-order valence-electron chi connectivity index (χ3n) is 4.31. The summed E-state index contributed by atoms with van der Waals surface area (Å²) in [5.74, 6) is -0.244. The summed E-state index contributed by atoms with van der Waals surface area (Å²) in [6.07, 6.45) is 1.44. The average Bonchev–Trinajstić information content (AvgIpc) is 2.54. The molecule has 5 heteroatoms. The van der Waals surface area contributed by atoms with Crippen molar-refractivity contribution in [3.05, 3.63) is 69.3 Å².